The minimum absolute atomic E-state index is 0.221. The van der Waals surface area contributed by atoms with Crippen LogP contribution in [0.1, 0.15) is 40.5 Å². The van der Waals surface area contributed by atoms with E-state index in [0.29, 0.717) is 6.42 Å². The first-order valence-corrected chi connectivity index (χ1v) is 6.01. The van der Waals surface area contributed by atoms with Crippen molar-refractivity contribution >= 4 is 28.5 Å². The molecular formula is C10H20INO. The van der Waals surface area contributed by atoms with Crippen LogP contribution in [0.15, 0.2) is 0 Å². The van der Waals surface area contributed by atoms with Crippen LogP contribution in [0, 0.1) is 0 Å². The van der Waals surface area contributed by atoms with Gasteiger partial charge in [-0.15, -0.1) is 0 Å². The summed E-state index contributed by atoms with van der Waals surface area (Å²) < 4.78 is 0.221. The zero-order valence-electron chi connectivity index (χ0n) is 9.06. The van der Waals surface area contributed by atoms with Gasteiger partial charge in [-0.3, -0.25) is 4.79 Å². The van der Waals surface area contributed by atoms with Gasteiger partial charge in [-0.25, -0.2) is 0 Å². The minimum atomic E-state index is 0.221. The number of carbonyl (C=O) groups is 1. The van der Waals surface area contributed by atoms with E-state index >= 15 is 0 Å². The molecule has 0 aromatic carbocycles. The van der Waals surface area contributed by atoms with Crippen molar-refractivity contribution in [1.29, 1.82) is 0 Å². The topological polar surface area (TPSA) is 20.3 Å². The van der Waals surface area contributed by atoms with Gasteiger partial charge in [0.15, 0.2) is 0 Å². The summed E-state index contributed by atoms with van der Waals surface area (Å²) >= 11 is 2.43. The summed E-state index contributed by atoms with van der Waals surface area (Å²) in [7, 11) is 0. The number of hydrogen-bond acceptors (Lipinski definition) is 1. The van der Waals surface area contributed by atoms with E-state index in [1.165, 1.54) is 0 Å². The van der Waals surface area contributed by atoms with Crippen molar-refractivity contribution in [3.63, 3.8) is 0 Å². The summed E-state index contributed by atoms with van der Waals surface area (Å²) in [5.74, 6) is 0.263. The second-order valence-electron chi connectivity index (χ2n) is 3.53. The molecule has 0 aliphatic heterocycles. The van der Waals surface area contributed by atoms with Crippen LogP contribution in [0.5, 0.6) is 0 Å². The quantitative estimate of drug-likeness (QED) is 0.564. The van der Waals surface area contributed by atoms with E-state index in [4.69, 9.17) is 0 Å². The van der Waals surface area contributed by atoms with Crippen LogP contribution in [0.4, 0.5) is 0 Å². The molecule has 0 radical (unpaired) electrons. The van der Waals surface area contributed by atoms with Gasteiger partial charge in [0.2, 0.25) is 5.91 Å². The van der Waals surface area contributed by atoms with Gasteiger partial charge in [-0.2, -0.15) is 0 Å². The smallest absolute Gasteiger partial charge is 0.222 e. The molecule has 0 N–H and O–H groups in total. The third-order valence-corrected chi connectivity index (χ3v) is 3.40. The Morgan fingerprint density at radius 3 is 2.23 bits per heavy atom. The van der Waals surface area contributed by atoms with Crippen molar-refractivity contribution in [2.24, 2.45) is 0 Å². The molecule has 0 aliphatic rings. The predicted molar refractivity (Wildman–Crippen MR) is 65.3 cm³/mol. The Balaban J connectivity index is 4.20. The minimum Gasteiger partial charge on any atom is -0.342 e. The second kappa shape index (κ2) is 5.83. The van der Waals surface area contributed by atoms with Crippen LogP contribution in [0.25, 0.3) is 0 Å². The average Bonchev–Trinajstić information content (AvgIpc) is 2.13. The Kier molecular flexibility index (Phi) is 5.92. The lowest BCUT2D eigenvalue weighted by Gasteiger charge is -2.29. The lowest BCUT2D eigenvalue weighted by molar-refractivity contribution is -0.130. The summed E-state index contributed by atoms with van der Waals surface area (Å²) in [6.07, 6.45) is 1.71. The van der Waals surface area contributed by atoms with E-state index in [1.54, 1.807) is 0 Å². The van der Waals surface area contributed by atoms with Gasteiger partial charge in [0, 0.05) is 22.9 Å². The molecule has 3 heteroatoms. The van der Waals surface area contributed by atoms with Crippen molar-refractivity contribution in [2.75, 3.05) is 13.1 Å². The van der Waals surface area contributed by atoms with Crippen molar-refractivity contribution in [3.8, 4) is 0 Å². The van der Waals surface area contributed by atoms with Gasteiger partial charge in [-0.1, -0.05) is 36.4 Å². The van der Waals surface area contributed by atoms with Gasteiger partial charge >= 0.3 is 0 Å². The normalized spacial score (nSPS) is 15.2. The van der Waals surface area contributed by atoms with Gasteiger partial charge in [-0.05, 0) is 20.3 Å². The highest BCUT2D eigenvalue weighted by Crippen LogP contribution is 2.23. The third-order valence-electron chi connectivity index (χ3n) is 2.29. The highest BCUT2D eigenvalue weighted by atomic mass is 127. The molecule has 0 aliphatic carbocycles. The number of amides is 1. The molecule has 0 saturated carbocycles. The first kappa shape index (κ1) is 13.2. The lowest BCUT2D eigenvalue weighted by atomic mass is 10.1. The predicted octanol–water partition coefficient (Wildman–Crippen LogP) is 2.85. The lowest BCUT2D eigenvalue weighted by Crippen LogP contribution is -2.39. The van der Waals surface area contributed by atoms with Crippen LogP contribution < -0.4 is 0 Å². The summed E-state index contributed by atoms with van der Waals surface area (Å²) in [5, 5.41) is 0. The Morgan fingerprint density at radius 1 is 1.38 bits per heavy atom. The average molecular weight is 297 g/mol. The zero-order valence-corrected chi connectivity index (χ0v) is 11.2. The van der Waals surface area contributed by atoms with Gasteiger partial charge in [0.25, 0.3) is 0 Å². The molecule has 0 heterocycles. The molecule has 2 nitrogen and oxygen atoms in total. The molecule has 0 aromatic heterocycles. The SMILES string of the molecule is CCC(=O)N(CC)CC(C)(I)CC. The Morgan fingerprint density at radius 2 is 1.92 bits per heavy atom. The molecule has 0 aromatic rings. The maximum Gasteiger partial charge on any atom is 0.222 e. The molecule has 1 amide bonds. The first-order chi connectivity index (χ1) is 5.96. The molecule has 0 fully saturated rings. The molecule has 13 heavy (non-hydrogen) atoms. The summed E-state index contributed by atoms with van der Waals surface area (Å²) in [6, 6.07) is 0. The maximum absolute atomic E-state index is 11.5. The number of hydrogen-bond donors (Lipinski definition) is 0. The molecule has 0 saturated heterocycles. The van der Waals surface area contributed by atoms with E-state index in [9.17, 15) is 4.79 Å². The molecule has 1 unspecified atom stereocenters. The molecule has 0 bridgehead atoms. The fourth-order valence-electron chi connectivity index (χ4n) is 1.11. The summed E-state index contributed by atoms with van der Waals surface area (Å²) in [5.41, 5.74) is 0. The number of carbonyl (C=O) groups excluding carboxylic acids is 1. The van der Waals surface area contributed by atoms with Crippen molar-refractivity contribution in [3.05, 3.63) is 0 Å². The van der Waals surface area contributed by atoms with E-state index in [1.807, 2.05) is 18.7 Å². The van der Waals surface area contributed by atoms with Crippen molar-refractivity contribution < 1.29 is 4.79 Å². The number of rotatable bonds is 5. The highest BCUT2D eigenvalue weighted by Gasteiger charge is 2.22. The number of nitrogens with zero attached hydrogens (tertiary/aromatic N) is 1. The fraction of sp³-hybridized carbons (Fsp3) is 0.900. The monoisotopic (exact) mass is 297 g/mol. The van der Waals surface area contributed by atoms with Crippen molar-refractivity contribution in [1.82, 2.24) is 4.90 Å². The van der Waals surface area contributed by atoms with Gasteiger partial charge in [0.1, 0.15) is 0 Å². The molecular weight excluding hydrogens is 277 g/mol. The molecule has 0 rings (SSSR count). The van der Waals surface area contributed by atoms with Crippen LogP contribution in [0.3, 0.4) is 0 Å². The van der Waals surface area contributed by atoms with Crippen LogP contribution in [-0.4, -0.2) is 27.3 Å². The van der Waals surface area contributed by atoms with Crippen LogP contribution in [0.2, 0.25) is 0 Å². The van der Waals surface area contributed by atoms with Gasteiger partial charge in [0.05, 0.1) is 0 Å². The van der Waals surface area contributed by atoms with E-state index < -0.39 is 0 Å². The Labute approximate surface area is 95.2 Å². The van der Waals surface area contributed by atoms with Crippen LogP contribution in [-0.2, 0) is 4.79 Å². The number of alkyl halides is 1. The standard InChI is InChI=1S/C10H20INO/c1-5-9(13)12(7-3)8-10(4,11)6-2/h5-8H2,1-4H3. The van der Waals surface area contributed by atoms with E-state index in [2.05, 4.69) is 36.4 Å². The van der Waals surface area contributed by atoms with Gasteiger partial charge < -0.3 is 4.90 Å². The Bertz CT molecular complexity index is 168. The largest absolute Gasteiger partial charge is 0.342 e. The zero-order chi connectivity index (χ0) is 10.5. The summed E-state index contributed by atoms with van der Waals surface area (Å²) in [4.78, 5) is 13.4. The van der Waals surface area contributed by atoms with Crippen LogP contribution >= 0.6 is 22.6 Å². The summed E-state index contributed by atoms with van der Waals surface area (Å²) in [6.45, 7) is 10.0. The second-order valence-corrected chi connectivity index (χ2v) is 6.13. The molecule has 0 spiro atoms. The molecule has 1 atom stereocenters. The highest BCUT2D eigenvalue weighted by molar-refractivity contribution is 14.1. The van der Waals surface area contributed by atoms with E-state index in [-0.39, 0.29) is 9.33 Å². The van der Waals surface area contributed by atoms with Crippen molar-refractivity contribution in [2.45, 2.75) is 44.0 Å². The first-order valence-electron chi connectivity index (χ1n) is 4.93. The van der Waals surface area contributed by atoms with E-state index in [0.717, 1.165) is 19.5 Å². The fourth-order valence-corrected chi connectivity index (χ4v) is 1.52. The third kappa shape index (κ3) is 4.84. The molecule has 78 valence electrons. The Hall–Kier alpha value is 0.200. The number of halogens is 1. The maximum atomic E-state index is 11.5.